The van der Waals surface area contributed by atoms with Crippen LogP contribution in [0.3, 0.4) is 0 Å². The summed E-state index contributed by atoms with van der Waals surface area (Å²) in [5.41, 5.74) is 0. The summed E-state index contributed by atoms with van der Waals surface area (Å²) in [6.07, 6.45) is 3.52. The van der Waals surface area contributed by atoms with Gasteiger partial charge in [-0.3, -0.25) is 0 Å². The largest absolute Gasteiger partial charge is 0.357 e. The Morgan fingerprint density at radius 2 is 2.08 bits per heavy atom. The van der Waals surface area contributed by atoms with Crippen LogP contribution in [0.25, 0.3) is 0 Å². The van der Waals surface area contributed by atoms with Crippen molar-refractivity contribution in [2.24, 2.45) is 5.16 Å². The van der Waals surface area contributed by atoms with Crippen LogP contribution in [0.2, 0.25) is 0 Å². The van der Waals surface area contributed by atoms with E-state index in [1.807, 2.05) is 30.3 Å². The molecule has 1 rings (SSSR count). The Morgan fingerprint density at radius 1 is 1.31 bits per heavy atom. The third-order valence-electron chi connectivity index (χ3n) is 1.44. The van der Waals surface area contributed by atoms with Crippen molar-refractivity contribution in [3.05, 3.63) is 30.3 Å². The Kier molecular flexibility index (Phi) is 5.02. The van der Waals surface area contributed by atoms with E-state index in [-0.39, 0.29) is 0 Å². The third kappa shape index (κ3) is 4.53. The first-order valence-corrected chi connectivity index (χ1v) is 4.77. The van der Waals surface area contributed by atoms with E-state index in [2.05, 4.69) is 5.16 Å². The standard InChI is InChI=1S/C10H12ClNO/c11-8-4-5-9-12-13-10-6-2-1-3-7-10/h1-3,6-7,9H,4-5,8H2. The summed E-state index contributed by atoms with van der Waals surface area (Å²) in [6.45, 7) is 0. The summed E-state index contributed by atoms with van der Waals surface area (Å²) in [4.78, 5) is 5.08. The van der Waals surface area contributed by atoms with E-state index in [1.54, 1.807) is 6.21 Å². The van der Waals surface area contributed by atoms with Crippen molar-refractivity contribution in [1.29, 1.82) is 0 Å². The second-order valence-corrected chi connectivity index (χ2v) is 2.90. The predicted molar refractivity (Wildman–Crippen MR) is 55.5 cm³/mol. The highest BCUT2D eigenvalue weighted by Gasteiger charge is 1.86. The molecule has 0 spiro atoms. The minimum atomic E-state index is 0.664. The van der Waals surface area contributed by atoms with Gasteiger partial charge in [0.25, 0.3) is 0 Å². The summed E-state index contributed by atoms with van der Waals surface area (Å²) >= 11 is 5.49. The molecule has 1 aromatic rings. The molecule has 70 valence electrons. The molecular weight excluding hydrogens is 186 g/mol. The SMILES string of the molecule is ClCCCC=NOc1ccccc1. The maximum atomic E-state index is 5.49. The van der Waals surface area contributed by atoms with Crippen LogP contribution in [0.15, 0.2) is 35.5 Å². The third-order valence-corrected chi connectivity index (χ3v) is 1.71. The summed E-state index contributed by atoms with van der Waals surface area (Å²) in [7, 11) is 0. The lowest BCUT2D eigenvalue weighted by Gasteiger charge is -1.95. The van der Waals surface area contributed by atoms with Gasteiger partial charge >= 0.3 is 0 Å². The van der Waals surface area contributed by atoms with E-state index < -0.39 is 0 Å². The molecule has 13 heavy (non-hydrogen) atoms. The highest BCUT2D eigenvalue weighted by Crippen LogP contribution is 2.07. The van der Waals surface area contributed by atoms with Crippen molar-refractivity contribution in [3.8, 4) is 5.75 Å². The van der Waals surface area contributed by atoms with Crippen molar-refractivity contribution in [2.75, 3.05) is 5.88 Å². The van der Waals surface area contributed by atoms with Crippen molar-refractivity contribution >= 4 is 17.8 Å². The first-order valence-electron chi connectivity index (χ1n) is 4.23. The second kappa shape index (κ2) is 6.49. The van der Waals surface area contributed by atoms with Gasteiger partial charge in [0.1, 0.15) is 0 Å². The van der Waals surface area contributed by atoms with E-state index in [4.69, 9.17) is 16.4 Å². The zero-order valence-corrected chi connectivity index (χ0v) is 8.07. The van der Waals surface area contributed by atoms with Gasteiger partial charge in [-0.1, -0.05) is 23.4 Å². The Morgan fingerprint density at radius 3 is 2.77 bits per heavy atom. The molecule has 0 atom stereocenters. The maximum Gasteiger partial charge on any atom is 0.157 e. The van der Waals surface area contributed by atoms with Gasteiger partial charge in [0.15, 0.2) is 5.75 Å². The molecule has 0 aliphatic rings. The number of rotatable bonds is 5. The highest BCUT2D eigenvalue weighted by molar-refractivity contribution is 6.17. The van der Waals surface area contributed by atoms with Crippen molar-refractivity contribution in [3.63, 3.8) is 0 Å². The molecule has 0 saturated heterocycles. The monoisotopic (exact) mass is 197 g/mol. The highest BCUT2D eigenvalue weighted by atomic mass is 35.5. The lowest BCUT2D eigenvalue weighted by atomic mass is 10.3. The van der Waals surface area contributed by atoms with Gasteiger partial charge in [-0.15, -0.1) is 11.6 Å². The molecule has 0 heterocycles. The number of hydrogen-bond donors (Lipinski definition) is 0. The van der Waals surface area contributed by atoms with Crippen LogP contribution < -0.4 is 4.84 Å². The average Bonchev–Trinajstić information content (AvgIpc) is 2.19. The molecule has 0 bridgehead atoms. The minimum absolute atomic E-state index is 0.664. The Bertz CT molecular complexity index is 248. The molecule has 3 heteroatoms. The summed E-state index contributed by atoms with van der Waals surface area (Å²) in [5.74, 6) is 1.42. The van der Waals surface area contributed by atoms with Crippen LogP contribution in [0.1, 0.15) is 12.8 Å². The zero-order chi connectivity index (χ0) is 9.36. The Labute approximate surface area is 83.2 Å². The fourth-order valence-electron chi connectivity index (χ4n) is 0.801. The minimum Gasteiger partial charge on any atom is -0.357 e. The zero-order valence-electron chi connectivity index (χ0n) is 7.32. The lowest BCUT2D eigenvalue weighted by Crippen LogP contribution is -1.84. The number of oxime groups is 1. The van der Waals surface area contributed by atoms with Crippen LogP contribution in [0.4, 0.5) is 0 Å². The van der Waals surface area contributed by atoms with Gasteiger partial charge < -0.3 is 4.84 Å². The predicted octanol–water partition coefficient (Wildman–Crippen LogP) is 3.07. The van der Waals surface area contributed by atoms with Crippen molar-refractivity contribution < 1.29 is 4.84 Å². The van der Waals surface area contributed by atoms with E-state index in [0.717, 1.165) is 18.6 Å². The van der Waals surface area contributed by atoms with Gasteiger partial charge in [-0.05, 0) is 25.0 Å². The number of nitrogens with zero attached hydrogens (tertiary/aromatic N) is 1. The molecule has 0 radical (unpaired) electrons. The quantitative estimate of drug-likeness (QED) is 0.308. The molecule has 0 aliphatic heterocycles. The van der Waals surface area contributed by atoms with Crippen molar-refractivity contribution in [1.82, 2.24) is 0 Å². The van der Waals surface area contributed by atoms with Gasteiger partial charge in [0, 0.05) is 12.1 Å². The second-order valence-electron chi connectivity index (χ2n) is 2.52. The summed E-state index contributed by atoms with van der Waals surface area (Å²) < 4.78 is 0. The molecular formula is C10H12ClNO. The fourth-order valence-corrected chi connectivity index (χ4v) is 0.955. The van der Waals surface area contributed by atoms with E-state index in [1.165, 1.54) is 0 Å². The number of hydrogen-bond acceptors (Lipinski definition) is 2. The molecule has 0 amide bonds. The van der Waals surface area contributed by atoms with E-state index in [9.17, 15) is 0 Å². The van der Waals surface area contributed by atoms with Crippen LogP contribution in [-0.2, 0) is 0 Å². The van der Waals surface area contributed by atoms with Crippen LogP contribution in [0, 0.1) is 0 Å². The van der Waals surface area contributed by atoms with Crippen molar-refractivity contribution in [2.45, 2.75) is 12.8 Å². The number of para-hydroxylation sites is 1. The number of halogens is 1. The Balaban J connectivity index is 2.23. The average molecular weight is 198 g/mol. The number of benzene rings is 1. The van der Waals surface area contributed by atoms with E-state index in [0.29, 0.717) is 5.88 Å². The normalized spacial score (nSPS) is 10.5. The molecule has 0 saturated carbocycles. The first kappa shape index (κ1) is 10.1. The van der Waals surface area contributed by atoms with Crippen LogP contribution >= 0.6 is 11.6 Å². The summed E-state index contributed by atoms with van der Waals surface area (Å²) in [6, 6.07) is 9.47. The molecule has 0 aliphatic carbocycles. The van der Waals surface area contributed by atoms with Crippen LogP contribution in [0.5, 0.6) is 5.75 Å². The summed E-state index contributed by atoms with van der Waals surface area (Å²) in [5, 5.41) is 3.80. The molecule has 0 aromatic heterocycles. The van der Waals surface area contributed by atoms with Gasteiger partial charge in [0.2, 0.25) is 0 Å². The molecule has 0 fully saturated rings. The molecule has 0 N–H and O–H groups in total. The van der Waals surface area contributed by atoms with Gasteiger partial charge in [-0.2, -0.15) is 0 Å². The maximum absolute atomic E-state index is 5.49. The van der Waals surface area contributed by atoms with Gasteiger partial charge in [0.05, 0.1) is 0 Å². The molecule has 2 nitrogen and oxygen atoms in total. The number of alkyl halides is 1. The van der Waals surface area contributed by atoms with Gasteiger partial charge in [-0.25, -0.2) is 0 Å². The Hall–Kier alpha value is -1.02. The molecule has 1 aromatic carbocycles. The first-order chi connectivity index (χ1) is 6.43. The number of unbranched alkanes of at least 4 members (excludes halogenated alkanes) is 1. The smallest absolute Gasteiger partial charge is 0.157 e. The van der Waals surface area contributed by atoms with E-state index >= 15 is 0 Å². The fraction of sp³-hybridized carbons (Fsp3) is 0.300. The lowest BCUT2D eigenvalue weighted by molar-refractivity contribution is 0.342. The topological polar surface area (TPSA) is 21.6 Å². The molecule has 0 unspecified atom stereocenters. The van der Waals surface area contributed by atoms with Crippen LogP contribution in [-0.4, -0.2) is 12.1 Å².